The Morgan fingerprint density at radius 3 is 2.42 bits per heavy atom. The summed E-state index contributed by atoms with van der Waals surface area (Å²) in [5.41, 5.74) is 1.08. The molecule has 2 N–H and O–H groups in total. The van der Waals surface area contributed by atoms with Crippen LogP contribution in [0, 0.1) is 5.41 Å². The number of piperidine rings is 1. The van der Waals surface area contributed by atoms with Crippen LogP contribution < -0.4 is 10.6 Å². The van der Waals surface area contributed by atoms with Crippen LogP contribution in [-0.4, -0.2) is 57.8 Å². The van der Waals surface area contributed by atoms with Gasteiger partial charge in [0.05, 0.1) is 6.61 Å². The van der Waals surface area contributed by atoms with Gasteiger partial charge in [0.15, 0.2) is 0 Å². The molecule has 26 heavy (non-hydrogen) atoms. The molecular formula is C19H33Cl2N3O2. The zero-order chi connectivity index (χ0) is 17.4. The highest BCUT2D eigenvalue weighted by atomic mass is 35.5. The molecule has 1 saturated heterocycles. The lowest BCUT2D eigenvalue weighted by atomic mass is 9.79. The van der Waals surface area contributed by atoms with Gasteiger partial charge in [0, 0.05) is 19.1 Å². The molecule has 2 rings (SSSR count). The molecule has 0 aromatic heterocycles. The van der Waals surface area contributed by atoms with Crippen molar-refractivity contribution in [2.75, 3.05) is 46.9 Å². The summed E-state index contributed by atoms with van der Waals surface area (Å²) in [5, 5.41) is 6.59. The van der Waals surface area contributed by atoms with Gasteiger partial charge < -0.3 is 15.4 Å². The zero-order valence-electron chi connectivity index (χ0n) is 16.0. The second kappa shape index (κ2) is 12.5. The number of methoxy groups -OCH3 is 1. The maximum Gasteiger partial charge on any atom is 0.241 e. The normalized spacial score (nSPS) is 16.9. The lowest BCUT2D eigenvalue weighted by Gasteiger charge is -2.38. The standard InChI is InChI=1S/C19H31N3O2.2ClH/c1-4-22(2)17(16-8-6-5-7-9-16)18(23)21-14-19(15-24-3)10-12-20-13-11-19;;/h5-9,17,20H,4,10-15H2,1-3H3,(H,21,23);2*1H. The molecule has 0 saturated carbocycles. The van der Waals surface area contributed by atoms with Gasteiger partial charge in [-0.15, -0.1) is 24.8 Å². The predicted molar refractivity (Wildman–Crippen MR) is 111 cm³/mol. The van der Waals surface area contributed by atoms with Crippen molar-refractivity contribution in [1.29, 1.82) is 0 Å². The fourth-order valence-electron chi connectivity index (χ4n) is 3.43. The fraction of sp³-hybridized carbons (Fsp3) is 0.632. The molecule has 1 aliphatic rings. The molecule has 1 heterocycles. The highest BCUT2D eigenvalue weighted by molar-refractivity contribution is 5.85. The van der Waals surface area contributed by atoms with E-state index in [1.165, 1.54) is 0 Å². The SMILES string of the molecule is CCN(C)C(C(=O)NCC1(COC)CCNCC1)c1ccccc1.Cl.Cl. The molecule has 1 amide bonds. The molecule has 0 bridgehead atoms. The van der Waals surface area contributed by atoms with Crippen molar-refractivity contribution in [3.05, 3.63) is 35.9 Å². The van der Waals surface area contributed by atoms with E-state index in [0.29, 0.717) is 13.2 Å². The summed E-state index contributed by atoms with van der Waals surface area (Å²) in [6, 6.07) is 9.74. The van der Waals surface area contributed by atoms with E-state index in [1.54, 1.807) is 7.11 Å². The lowest BCUT2D eigenvalue weighted by molar-refractivity contribution is -0.127. The topological polar surface area (TPSA) is 53.6 Å². The van der Waals surface area contributed by atoms with Crippen molar-refractivity contribution in [1.82, 2.24) is 15.5 Å². The van der Waals surface area contributed by atoms with Crippen LogP contribution in [-0.2, 0) is 9.53 Å². The van der Waals surface area contributed by atoms with Gasteiger partial charge in [-0.3, -0.25) is 9.69 Å². The summed E-state index contributed by atoms with van der Waals surface area (Å²) in [6.07, 6.45) is 2.06. The monoisotopic (exact) mass is 405 g/mol. The largest absolute Gasteiger partial charge is 0.384 e. The van der Waals surface area contributed by atoms with E-state index >= 15 is 0 Å². The minimum atomic E-state index is -0.252. The first kappa shape index (κ1) is 25.1. The van der Waals surface area contributed by atoms with Crippen LogP contribution in [0.25, 0.3) is 0 Å². The number of likely N-dealkylation sites (N-methyl/N-ethyl adjacent to an activating group) is 1. The molecular weight excluding hydrogens is 373 g/mol. The number of hydrogen-bond donors (Lipinski definition) is 2. The maximum absolute atomic E-state index is 12.9. The molecule has 150 valence electrons. The second-order valence-electron chi connectivity index (χ2n) is 6.79. The molecule has 1 aromatic carbocycles. The van der Waals surface area contributed by atoms with Gasteiger partial charge in [-0.05, 0) is 45.1 Å². The number of hydrogen-bond acceptors (Lipinski definition) is 4. The summed E-state index contributed by atoms with van der Waals surface area (Å²) >= 11 is 0. The van der Waals surface area contributed by atoms with E-state index in [2.05, 4.69) is 22.5 Å². The van der Waals surface area contributed by atoms with Gasteiger partial charge in [0.25, 0.3) is 0 Å². The summed E-state index contributed by atoms with van der Waals surface area (Å²) < 4.78 is 5.44. The first-order valence-electron chi connectivity index (χ1n) is 8.84. The van der Waals surface area contributed by atoms with Gasteiger partial charge >= 0.3 is 0 Å². The number of benzene rings is 1. The zero-order valence-corrected chi connectivity index (χ0v) is 17.6. The van der Waals surface area contributed by atoms with Gasteiger partial charge in [-0.2, -0.15) is 0 Å². The van der Waals surface area contributed by atoms with Crippen LogP contribution in [0.1, 0.15) is 31.4 Å². The lowest BCUT2D eigenvalue weighted by Crippen LogP contribution is -2.49. The molecule has 0 radical (unpaired) electrons. The van der Waals surface area contributed by atoms with E-state index in [9.17, 15) is 4.79 Å². The van der Waals surface area contributed by atoms with Crippen molar-refractivity contribution in [3.63, 3.8) is 0 Å². The van der Waals surface area contributed by atoms with Gasteiger partial charge in [0.2, 0.25) is 5.91 Å². The van der Waals surface area contributed by atoms with E-state index in [-0.39, 0.29) is 42.2 Å². The minimum Gasteiger partial charge on any atom is -0.384 e. The molecule has 1 fully saturated rings. The van der Waals surface area contributed by atoms with E-state index in [0.717, 1.165) is 38.0 Å². The number of rotatable bonds is 8. The Morgan fingerprint density at radius 1 is 1.27 bits per heavy atom. The number of halogens is 2. The Hall–Kier alpha value is -0.850. The van der Waals surface area contributed by atoms with Crippen LogP contribution in [0.4, 0.5) is 0 Å². The Morgan fingerprint density at radius 2 is 1.88 bits per heavy atom. The first-order valence-corrected chi connectivity index (χ1v) is 8.84. The second-order valence-corrected chi connectivity index (χ2v) is 6.79. The van der Waals surface area contributed by atoms with Crippen molar-refractivity contribution in [3.8, 4) is 0 Å². The van der Waals surface area contributed by atoms with Crippen molar-refractivity contribution < 1.29 is 9.53 Å². The Bertz CT molecular complexity index is 505. The molecule has 1 aromatic rings. The third kappa shape index (κ3) is 6.71. The molecule has 1 unspecified atom stereocenters. The molecule has 1 atom stereocenters. The van der Waals surface area contributed by atoms with Crippen LogP contribution in [0.5, 0.6) is 0 Å². The average molecular weight is 406 g/mol. The number of carbonyl (C=O) groups excluding carboxylic acids is 1. The summed E-state index contributed by atoms with van der Waals surface area (Å²) in [4.78, 5) is 15.0. The Kier molecular flexibility index (Phi) is 12.1. The molecule has 1 aliphatic heterocycles. The van der Waals surface area contributed by atoms with Crippen molar-refractivity contribution in [2.24, 2.45) is 5.41 Å². The average Bonchev–Trinajstić information content (AvgIpc) is 2.62. The van der Waals surface area contributed by atoms with Gasteiger partial charge in [0.1, 0.15) is 6.04 Å². The van der Waals surface area contributed by atoms with Crippen LogP contribution in [0.2, 0.25) is 0 Å². The maximum atomic E-state index is 12.9. The van der Waals surface area contributed by atoms with Crippen molar-refractivity contribution in [2.45, 2.75) is 25.8 Å². The summed E-state index contributed by atoms with van der Waals surface area (Å²) in [6.45, 7) is 6.21. The summed E-state index contributed by atoms with van der Waals surface area (Å²) in [5.74, 6) is 0.0690. The smallest absolute Gasteiger partial charge is 0.241 e. The first-order chi connectivity index (χ1) is 11.6. The Labute approximate surface area is 170 Å². The fourth-order valence-corrected chi connectivity index (χ4v) is 3.43. The number of carbonyl (C=O) groups is 1. The third-order valence-corrected chi connectivity index (χ3v) is 5.06. The quantitative estimate of drug-likeness (QED) is 0.697. The van der Waals surface area contributed by atoms with Crippen LogP contribution in [0.3, 0.4) is 0 Å². The summed E-state index contributed by atoms with van der Waals surface area (Å²) in [7, 11) is 3.73. The molecule has 5 nitrogen and oxygen atoms in total. The molecule has 0 spiro atoms. The van der Waals surface area contributed by atoms with Crippen molar-refractivity contribution >= 4 is 30.7 Å². The van der Waals surface area contributed by atoms with Crippen LogP contribution in [0.15, 0.2) is 30.3 Å². The van der Waals surface area contributed by atoms with E-state index in [1.807, 2.05) is 37.4 Å². The molecule has 7 heteroatoms. The highest BCUT2D eigenvalue weighted by Gasteiger charge is 2.34. The minimum absolute atomic E-state index is 0. The van der Waals surface area contributed by atoms with E-state index in [4.69, 9.17) is 4.74 Å². The number of ether oxygens (including phenoxy) is 1. The third-order valence-electron chi connectivity index (χ3n) is 5.06. The van der Waals surface area contributed by atoms with Gasteiger partial charge in [-0.1, -0.05) is 37.3 Å². The highest BCUT2D eigenvalue weighted by Crippen LogP contribution is 2.29. The Balaban J connectivity index is 0.00000312. The molecule has 0 aliphatic carbocycles. The number of nitrogens with one attached hydrogen (secondary N) is 2. The number of nitrogens with zero attached hydrogens (tertiary/aromatic N) is 1. The van der Waals surface area contributed by atoms with Crippen LogP contribution >= 0.6 is 24.8 Å². The van der Waals surface area contributed by atoms with Gasteiger partial charge in [-0.25, -0.2) is 0 Å². The van der Waals surface area contributed by atoms with E-state index < -0.39 is 0 Å². The predicted octanol–water partition coefficient (Wildman–Crippen LogP) is 2.66. The number of amides is 1.